The second kappa shape index (κ2) is 23.2. The van der Waals surface area contributed by atoms with Gasteiger partial charge in [0.1, 0.15) is 37.3 Å². The highest BCUT2D eigenvalue weighted by molar-refractivity contribution is 6.02. The van der Waals surface area contributed by atoms with Crippen LogP contribution in [0.5, 0.6) is 5.75 Å². The molecule has 4 saturated heterocycles. The van der Waals surface area contributed by atoms with E-state index in [4.69, 9.17) is 33.3 Å². The number of alkyl carbamates (subject to hydrolysis) is 1. The van der Waals surface area contributed by atoms with Gasteiger partial charge in [-0.2, -0.15) is 0 Å². The smallest absolute Gasteiger partial charge is 0.408 e. The molecule has 83 heavy (non-hydrogen) atoms. The lowest BCUT2D eigenvalue weighted by Crippen LogP contribution is -2.63. The number of hydrogen-bond acceptors (Lipinski definition) is 21. The number of Topliss-reactive ketones (excluding diaryl/α,β-unsaturated/α-hetero) is 1. The molecule has 2 aromatic rings. The number of anilines is 1. The lowest BCUT2D eigenvalue weighted by molar-refractivity contribution is -0.271. The van der Waals surface area contributed by atoms with Crippen molar-refractivity contribution < 1.29 is 107 Å². The molecule has 446 valence electrons. The van der Waals surface area contributed by atoms with E-state index in [1.54, 1.807) is 24.3 Å². The molecule has 14 atom stereocenters. The molecule has 10 rings (SSSR count). The second-order valence-electron chi connectivity index (χ2n) is 23.1. The predicted molar refractivity (Wildman–Crippen MR) is 278 cm³/mol. The normalized spacial score (nSPS) is 33.8. The Hall–Kier alpha value is -7.01. The lowest BCUT2D eigenvalue weighted by atomic mass is 9.46. The van der Waals surface area contributed by atoms with E-state index in [2.05, 4.69) is 22.9 Å². The zero-order chi connectivity index (χ0) is 59.3. The highest BCUT2D eigenvalue weighted by Crippen LogP contribution is 2.70. The zero-order valence-corrected chi connectivity index (χ0v) is 45.4. The van der Waals surface area contributed by atoms with Gasteiger partial charge in [0.15, 0.2) is 29.6 Å². The number of benzene rings is 2. The van der Waals surface area contributed by atoms with Gasteiger partial charge in [-0.05, 0) is 72.9 Å². The zero-order valence-electron chi connectivity index (χ0n) is 45.4. The molecule has 4 aliphatic heterocycles. The number of rotatable bonds is 19. The molecule has 4 heterocycles. The Morgan fingerprint density at radius 1 is 0.843 bits per heavy atom. The highest BCUT2D eigenvalue weighted by atomic mass is 16.7. The number of nitrogens with one attached hydrogen (secondary N) is 3. The van der Waals surface area contributed by atoms with Gasteiger partial charge in [0, 0.05) is 61.0 Å². The molecule has 2 aromatic carbocycles. The average molecular weight is 1160 g/mol. The van der Waals surface area contributed by atoms with Crippen LogP contribution in [0.25, 0.3) is 0 Å². The van der Waals surface area contributed by atoms with Crippen LogP contribution in [0, 0.1) is 28.6 Å². The number of carboxylic acid groups (broad SMARTS) is 1. The molecule has 8 aliphatic rings. The topological polar surface area (TPSA) is 379 Å². The largest absolute Gasteiger partial charge is 0.479 e. The number of aliphatic hydroxyl groups excluding tert-OH is 5. The standard InChI is InChI=1S/C57H66N4O22/c1-54-17-15-32(63)20-31(54)8-9-33-34-21-39-57(38(65)24-62,55(34,2)23-36(64)45(33)54)82-51(80-39)30-6-3-28(4-7-30)22-56(26-77-27-56)60-53(76)78-25-29-5-10-37(79-52-48(73)46(71)47(72)49(81-52)50(74)75)35(19-29)59-41(67)16-18-58-40(66)11-14-44(70)83-61-42(68)12-13-43(61)69/h3-7,10,15,17,19-20,33-34,36,39,45-49,51-52,62,64,71-73H,8-9,11-14,16,18,21-27H2,1-2H3,(H,58,66)(H,59,67)(H,60,76)(H,74,75)/t33-,34-,36-,39+,45+,46-,47-,48+,49-,51+,52+,54-,55-,57+/m0/s1. The van der Waals surface area contributed by atoms with Crippen LogP contribution >= 0.6 is 0 Å². The molecule has 4 aliphatic carbocycles. The predicted octanol–water partition coefficient (Wildman–Crippen LogP) is 0.631. The van der Waals surface area contributed by atoms with Crippen LogP contribution in [-0.4, -0.2) is 169 Å². The monoisotopic (exact) mass is 1160 g/mol. The summed E-state index contributed by atoms with van der Waals surface area (Å²) in [7, 11) is 0. The summed E-state index contributed by atoms with van der Waals surface area (Å²) >= 11 is 0. The molecule has 9 N–H and O–H groups in total. The summed E-state index contributed by atoms with van der Waals surface area (Å²) in [6, 6.07) is 11.3. The van der Waals surface area contributed by atoms with Gasteiger partial charge in [-0.3, -0.25) is 28.8 Å². The molecule has 0 bridgehead atoms. The number of allylic oxidation sites excluding steroid dienone is 4. The average Bonchev–Trinajstić information content (AvgIpc) is 1.57. The van der Waals surface area contributed by atoms with Crippen LogP contribution in [0.3, 0.4) is 0 Å². The number of aliphatic hydroxyl groups is 5. The molecule has 26 nitrogen and oxygen atoms in total. The Morgan fingerprint density at radius 2 is 1.57 bits per heavy atom. The van der Waals surface area contributed by atoms with Gasteiger partial charge >= 0.3 is 18.0 Å². The molecule has 0 aromatic heterocycles. The molecule has 0 unspecified atom stereocenters. The number of imide groups is 1. The van der Waals surface area contributed by atoms with E-state index in [9.17, 15) is 73.8 Å². The van der Waals surface area contributed by atoms with Crippen molar-refractivity contribution in [2.24, 2.45) is 28.6 Å². The van der Waals surface area contributed by atoms with Crippen molar-refractivity contribution in [3.63, 3.8) is 0 Å². The quantitative estimate of drug-likeness (QED) is 0.0871. The summed E-state index contributed by atoms with van der Waals surface area (Å²) < 4.78 is 35.6. The van der Waals surface area contributed by atoms with Crippen LogP contribution in [0.15, 0.2) is 66.3 Å². The minimum absolute atomic E-state index is 0.00326. The minimum atomic E-state index is -2.02. The van der Waals surface area contributed by atoms with Gasteiger partial charge in [0.05, 0.1) is 43.1 Å². The molecule has 7 fully saturated rings. The number of carboxylic acids is 1. The number of hydrogen-bond donors (Lipinski definition) is 9. The van der Waals surface area contributed by atoms with Crippen LogP contribution < -0.4 is 20.7 Å². The first-order chi connectivity index (χ1) is 39.5. The van der Waals surface area contributed by atoms with Gasteiger partial charge in [0.2, 0.25) is 18.1 Å². The Labute approximate surface area is 474 Å². The first kappa shape index (κ1) is 59.2. The number of ether oxygens (including phenoxy) is 6. The molecular formula is C57H66N4O22. The molecule has 5 amide bonds. The Morgan fingerprint density at radius 3 is 2.25 bits per heavy atom. The van der Waals surface area contributed by atoms with Gasteiger partial charge in [-0.25, -0.2) is 14.4 Å². The van der Waals surface area contributed by atoms with Crippen molar-refractivity contribution in [3.8, 4) is 5.75 Å². The maximum Gasteiger partial charge on any atom is 0.408 e. The van der Waals surface area contributed by atoms with E-state index in [-0.39, 0.29) is 92.6 Å². The fourth-order valence-corrected chi connectivity index (χ4v) is 13.8. The molecular weight excluding hydrogens is 1090 g/mol. The fourth-order valence-electron chi connectivity index (χ4n) is 13.8. The number of aliphatic carboxylic acids is 1. The third-order valence-corrected chi connectivity index (χ3v) is 17.9. The van der Waals surface area contributed by atoms with Crippen LogP contribution in [-0.2, 0) is 79.9 Å². The number of amides is 5. The molecule has 0 spiro atoms. The van der Waals surface area contributed by atoms with Crippen LogP contribution in [0.1, 0.15) is 94.6 Å². The fraction of sp³-hybridized carbons (Fsp3) is 0.561. The van der Waals surface area contributed by atoms with Gasteiger partial charge in [0.25, 0.3) is 11.8 Å². The van der Waals surface area contributed by atoms with E-state index in [1.165, 1.54) is 18.2 Å². The number of nitrogens with zero attached hydrogens (tertiary/aromatic N) is 1. The van der Waals surface area contributed by atoms with Crippen molar-refractivity contribution in [1.82, 2.24) is 15.7 Å². The van der Waals surface area contributed by atoms with Crippen molar-refractivity contribution in [3.05, 3.63) is 83.0 Å². The van der Waals surface area contributed by atoms with E-state index in [1.807, 2.05) is 25.1 Å². The summed E-state index contributed by atoms with van der Waals surface area (Å²) in [5.41, 5.74) is -1.27. The Balaban J connectivity index is 0.759. The van der Waals surface area contributed by atoms with Gasteiger partial charge < -0.3 is 79.8 Å². The maximum atomic E-state index is 14.1. The second-order valence-corrected chi connectivity index (χ2v) is 23.1. The van der Waals surface area contributed by atoms with E-state index in [0.717, 1.165) is 17.6 Å². The third-order valence-electron chi connectivity index (χ3n) is 17.9. The number of ketones is 2. The van der Waals surface area contributed by atoms with Crippen molar-refractivity contribution in [2.45, 2.75) is 145 Å². The van der Waals surface area contributed by atoms with E-state index < -0.39 is 138 Å². The van der Waals surface area contributed by atoms with E-state index >= 15 is 0 Å². The maximum absolute atomic E-state index is 14.1. The minimum Gasteiger partial charge on any atom is -0.479 e. The third kappa shape index (κ3) is 11.2. The van der Waals surface area contributed by atoms with Gasteiger partial charge in [-0.1, -0.05) is 55.8 Å². The van der Waals surface area contributed by atoms with Crippen molar-refractivity contribution in [1.29, 1.82) is 0 Å². The van der Waals surface area contributed by atoms with Crippen molar-refractivity contribution in [2.75, 3.05) is 31.7 Å². The van der Waals surface area contributed by atoms with E-state index in [0.29, 0.717) is 29.9 Å². The summed E-state index contributed by atoms with van der Waals surface area (Å²) in [6.07, 6.45) is -7.11. The number of fused-ring (bicyclic) bond motifs is 7. The lowest BCUT2D eigenvalue weighted by Gasteiger charge is -2.59. The van der Waals surface area contributed by atoms with Gasteiger partial charge in [-0.15, -0.1) is 5.06 Å². The summed E-state index contributed by atoms with van der Waals surface area (Å²) in [6.45, 7) is 2.90. The Bertz CT molecular complexity index is 3000. The first-order valence-corrected chi connectivity index (χ1v) is 27.5. The number of hydroxylamine groups is 2. The molecule has 26 heteroatoms. The SMILES string of the molecule is C[C@]12C=CC(=O)C=C1CC[C@@H]1[C@@H]2[C@@H](O)C[C@@]2(C)[C@H]1C[C@H]1O[C@@H](c3ccc(CC4(NC(=O)OCc5ccc(O[C@@H]6O[C@H](C(=O)O)[C@@H](O)[C@H](O)[C@H]6O)c(NC(=O)CCNC(=O)CCC(=O)ON6C(=O)CCC6=O)c5)COC4)cc3)O[C@]12C(=O)CO. The summed E-state index contributed by atoms with van der Waals surface area (Å²) in [5.74, 6) is -6.50. The first-order valence-electron chi connectivity index (χ1n) is 27.5. The van der Waals surface area contributed by atoms with Crippen LogP contribution in [0.2, 0.25) is 0 Å². The molecule has 0 radical (unpaired) electrons. The van der Waals surface area contributed by atoms with Crippen molar-refractivity contribution >= 4 is 58.9 Å². The molecule has 3 saturated carbocycles. The summed E-state index contributed by atoms with van der Waals surface area (Å²) in [4.78, 5) is 118. The van der Waals surface area contributed by atoms with Crippen LogP contribution in [0.4, 0.5) is 10.5 Å². The summed E-state index contributed by atoms with van der Waals surface area (Å²) in [5, 5.41) is 71.5. The number of carbonyl (C=O) groups excluding carboxylic acids is 8. The Kier molecular flexibility index (Phi) is 16.5. The number of carbonyl (C=O) groups is 9. The highest BCUT2D eigenvalue weighted by Gasteiger charge is 2.76.